The molecule has 98 valence electrons. The van der Waals surface area contributed by atoms with Crippen LogP contribution in [0.25, 0.3) is 0 Å². The van der Waals surface area contributed by atoms with Gasteiger partial charge in [0.1, 0.15) is 0 Å². The van der Waals surface area contributed by atoms with Crippen molar-refractivity contribution < 1.29 is 9.53 Å². The highest BCUT2D eigenvalue weighted by atomic mass is 16.5. The minimum Gasteiger partial charge on any atom is -0.471 e. The quantitative estimate of drug-likeness (QED) is 0.644. The van der Waals surface area contributed by atoms with Gasteiger partial charge in [-0.2, -0.15) is 0 Å². The van der Waals surface area contributed by atoms with E-state index in [0.717, 1.165) is 13.0 Å². The van der Waals surface area contributed by atoms with Crippen LogP contribution in [0.1, 0.15) is 29.7 Å². The first-order valence-corrected chi connectivity index (χ1v) is 6.04. The summed E-state index contributed by atoms with van der Waals surface area (Å²) >= 11 is 0. The molecule has 3 heteroatoms. The second-order valence-electron chi connectivity index (χ2n) is 4.52. The van der Waals surface area contributed by atoms with Crippen molar-refractivity contribution in [3.63, 3.8) is 0 Å². The maximum absolute atomic E-state index is 8.95. The van der Waals surface area contributed by atoms with E-state index in [0.29, 0.717) is 12.5 Å². The minimum atomic E-state index is 0.360. The normalized spacial score (nSPS) is 16.9. The van der Waals surface area contributed by atoms with Gasteiger partial charge in [0.05, 0.1) is 13.2 Å². The van der Waals surface area contributed by atoms with Gasteiger partial charge in [0, 0.05) is 6.54 Å². The second-order valence-corrected chi connectivity index (χ2v) is 4.52. The van der Waals surface area contributed by atoms with Crippen LogP contribution in [0.3, 0.4) is 0 Å². The minimum absolute atomic E-state index is 0.360. The zero-order valence-electron chi connectivity index (χ0n) is 11.3. The fraction of sp³-hybridized carbons (Fsp3) is 0.400. The van der Waals surface area contributed by atoms with E-state index in [1.165, 1.54) is 29.4 Å². The van der Waals surface area contributed by atoms with Gasteiger partial charge in [-0.25, -0.2) is 0 Å². The summed E-state index contributed by atoms with van der Waals surface area (Å²) in [6.07, 6.45) is 1.14. The van der Waals surface area contributed by atoms with Crippen LogP contribution < -0.4 is 5.32 Å². The first-order chi connectivity index (χ1) is 8.60. The lowest BCUT2D eigenvalue weighted by atomic mass is 9.90. The topological polar surface area (TPSA) is 38.3 Å². The molecule has 0 saturated carbocycles. The lowest BCUT2D eigenvalue weighted by molar-refractivity contribution is -0.126. The van der Waals surface area contributed by atoms with E-state index in [1.807, 2.05) is 0 Å². The molecule has 0 amide bonds. The van der Waals surface area contributed by atoms with Crippen molar-refractivity contribution in [1.82, 2.24) is 5.32 Å². The maximum Gasteiger partial charge on any atom is 0.292 e. The fourth-order valence-corrected chi connectivity index (χ4v) is 2.11. The van der Waals surface area contributed by atoms with Crippen LogP contribution >= 0.6 is 0 Å². The van der Waals surface area contributed by atoms with Crippen LogP contribution in [-0.2, 0) is 16.0 Å². The number of aryl methyl sites for hydroxylation is 1. The van der Waals surface area contributed by atoms with Crippen molar-refractivity contribution in [3.05, 3.63) is 47.0 Å². The van der Waals surface area contributed by atoms with Crippen molar-refractivity contribution in [2.24, 2.45) is 0 Å². The summed E-state index contributed by atoms with van der Waals surface area (Å²) in [7, 11) is 1.31. The number of nitrogens with one attached hydrogen (secondary N) is 1. The molecular weight excluding hydrogens is 226 g/mol. The lowest BCUT2D eigenvalue weighted by Gasteiger charge is -2.27. The largest absolute Gasteiger partial charge is 0.471 e. The monoisotopic (exact) mass is 247 g/mol. The Morgan fingerprint density at radius 1 is 1.56 bits per heavy atom. The predicted molar refractivity (Wildman–Crippen MR) is 73.5 cm³/mol. The summed E-state index contributed by atoms with van der Waals surface area (Å²) in [4.78, 5) is 8.95. The van der Waals surface area contributed by atoms with E-state index in [2.05, 4.69) is 48.7 Å². The fourth-order valence-electron chi connectivity index (χ4n) is 2.11. The van der Waals surface area contributed by atoms with Gasteiger partial charge in [0.25, 0.3) is 6.47 Å². The summed E-state index contributed by atoms with van der Waals surface area (Å²) in [5, 5.41) is 3.50. The highest BCUT2D eigenvalue weighted by Gasteiger charge is 2.19. The molecule has 0 bridgehead atoms. The smallest absolute Gasteiger partial charge is 0.292 e. The first-order valence-electron chi connectivity index (χ1n) is 6.04. The van der Waals surface area contributed by atoms with Crippen molar-refractivity contribution in [2.75, 3.05) is 13.7 Å². The van der Waals surface area contributed by atoms with Crippen LogP contribution in [0, 0.1) is 6.92 Å². The van der Waals surface area contributed by atoms with E-state index in [1.54, 1.807) is 0 Å². The molecule has 0 saturated heterocycles. The third-order valence-corrected chi connectivity index (χ3v) is 2.94. The van der Waals surface area contributed by atoms with Crippen LogP contribution in [0.2, 0.25) is 0 Å². The number of carbonyl (C=O) groups is 1. The number of hydrogen-bond donors (Lipinski definition) is 1. The van der Waals surface area contributed by atoms with Gasteiger partial charge in [0.15, 0.2) is 0 Å². The Labute approximate surface area is 109 Å². The number of methoxy groups -OCH3 is 1. The molecule has 3 nitrogen and oxygen atoms in total. The van der Waals surface area contributed by atoms with Crippen molar-refractivity contribution in [3.8, 4) is 0 Å². The summed E-state index contributed by atoms with van der Waals surface area (Å²) in [5.41, 5.74) is 5.43. The molecular formula is C15H21NO2. The van der Waals surface area contributed by atoms with Crippen molar-refractivity contribution in [1.29, 1.82) is 0 Å². The maximum atomic E-state index is 8.95. The van der Waals surface area contributed by atoms with E-state index in [9.17, 15) is 0 Å². The van der Waals surface area contributed by atoms with Crippen LogP contribution in [0.4, 0.5) is 0 Å². The van der Waals surface area contributed by atoms with E-state index in [4.69, 9.17) is 4.79 Å². The van der Waals surface area contributed by atoms with Crippen molar-refractivity contribution in [2.45, 2.75) is 26.3 Å². The summed E-state index contributed by atoms with van der Waals surface area (Å²) < 4.78 is 3.86. The molecule has 1 aromatic rings. The summed E-state index contributed by atoms with van der Waals surface area (Å²) in [6, 6.07) is 7.08. The highest BCUT2D eigenvalue weighted by Crippen LogP contribution is 2.28. The molecule has 18 heavy (non-hydrogen) atoms. The standard InChI is InChI=1S/C13H17N.C2H4O2/c1-9(2)13-12-8-10(3)4-5-11(12)6-7-14-13;1-4-2-3/h4-5,8,13-14H,1,6-7H2,2-3H3;2H,1H3/t13-;/m0./s1. The molecule has 1 aromatic carbocycles. The molecule has 0 aromatic heterocycles. The molecule has 0 spiro atoms. The molecule has 1 heterocycles. The van der Waals surface area contributed by atoms with Gasteiger partial charge in [-0.15, -0.1) is 0 Å². The Hall–Kier alpha value is -1.61. The molecule has 0 aliphatic carbocycles. The number of fused-ring (bicyclic) bond motifs is 1. The van der Waals surface area contributed by atoms with Gasteiger partial charge < -0.3 is 10.1 Å². The van der Waals surface area contributed by atoms with Crippen LogP contribution in [-0.4, -0.2) is 20.1 Å². The first kappa shape index (κ1) is 14.5. The van der Waals surface area contributed by atoms with Crippen LogP contribution in [0.15, 0.2) is 30.4 Å². The average molecular weight is 247 g/mol. The highest BCUT2D eigenvalue weighted by molar-refractivity contribution is 5.39. The third kappa shape index (κ3) is 3.70. The van der Waals surface area contributed by atoms with Gasteiger partial charge >= 0.3 is 0 Å². The van der Waals surface area contributed by atoms with E-state index in [-0.39, 0.29) is 0 Å². The zero-order chi connectivity index (χ0) is 13.5. The molecule has 1 aliphatic rings. The summed E-state index contributed by atoms with van der Waals surface area (Å²) in [5.74, 6) is 0. The molecule has 1 N–H and O–H groups in total. The lowest BCUT2D eigenvalue weighted by Crippen LogP contribution is -2.30. The van der Waals surface area contributed by atoms with E-state index < -0.39 is 0 Å². The molecule has 1 atom stereocenters. The number of ether oxygens (including phenoxy) is 1. The molecule has 0 unspecified atom stereocenters. The Kier molecular flexibility index (Phi) is 5.59. The van der Waals surface area contributed by atoms with Gasteiger partial charge in [-0.3, -0.25) is 4.79 Å². The Morgan fingerprint density at radius 3 is 2.78 bits per heavy atom. The summed E-state index contributed by atoms with van der Waals surface area (Å²) in [6.45, 7) is 9.72. The molecule has 1 aliphatic heterocycles. The Balaban J connectivity index is 0.000000357. The van der Waals surface area contributed by atoms with Crippen LogP contribution in [0.5, 0.6) is 0 Å². The number of benzene rings is 1. The zero-order valence-corrected chi connectivity index (χ0v) is 11.3. The number of hydrogen-bond acceptors (Lipinski definition) is 3. The number of rotatable bonds is 2. The van der Waals surface area contributed by atoms with Gasteiger partial charge in [-0.05, 0) is 31.4 Å². The van der Waals surface area contributed by atoms with Gasteiger partial charge in [-0.1, -0.05) is 35.9 Å². The SMILES string of the molecule is C=C(C)[C@@H]1NCCc2ccc(C)cc21.COC=O. The Bertz CT molecular complexity index is 427. The molecule has 0 radical (unpaired) electrons. The molecule has 2 rings (SSSR count). The Morgan fingerprint density at radius 2 is 2.22 bits per heavy atom. The van der Waals surface area contributed by atoms with Gasteiger partial charge in [0.2, 0.25) is 0 Å². The van der Waals surface area contributed by atoms with Crippen molar-refractivity contribution >= 4 is 6.47 Å². The third-order valence-electron chi connectivity index (χ3n) is 2.94. The predicted octanol–water partition coefficient (Wildman–Crippen LogP) is 2.55. The van der Waals surface area contributed by atoms with E-state index >= 15 is 0 Å². The molecule has 0 fully saturated rings. The average Bonchev–Trinajstić information content (AvgIpc) is 2.38. The number of carbonyl (C=O) groups excluding carboxylic acids is 1. The second kappa shape index (κ2) is 6.97.